The second kappa shape index (κ2) is 12.1. The SMILES string of the molecule is O=C(COc1ccccc1)Nc1cc(-c2cn[nH]c2C2CCCCN2C(=O)COc2ccccc2)ccn1. The molecule has 1 atom stereocenters. The van der Waals surface area contributed by atoms with Gasteiger partial charge in [0.25, 0.3) is 11.8 Å². The van der Waals surface area contributed by atoms with Crippen LogP contribution in [0.5, 0.6) is 11.5 Å². The van der Waals surface area contributed by atoms with Crippen LogP contribution in [0.3, 0.4) is 0 Å². The van der Waals surface area contributed by atoms with Gasteiger partial charge in [-0.05, 0) is 61.2 Å². The fourth-order valence-electron chi connectivity index (χ4n) is 4.57. The van der Waals surface area contributed by atoms with Crippen molar-refractivity contribution in [1.29, 1.82) is 0 Å². The number of aromatic amines is 1. The smallest absolute Gasteiger partial charge is 0.263 e. The van der Waals surface area contributed by atoms with Crippen LogP contribution in [0.4, 0.5) is 5.82 Å². The predicted molar refractivity (Wildman–Crippen MR) is 143 cm³/mol. The first kappa shape index (κ1) is 25.0. The summed E-state index contributed by atoms with van der Waals surface area (Å²) in [5.74, 6) is 1.31. The summed E-state index contributed by atoms with van der Waals surface area (Å²) in [5, 5.41) is 10.2. The monoisotopic (exact) mass is 511 g/mol. The van der Waals surface area contributed by atoms with Gasteiger partial charge in [0.2, 0.25) is 0 Å². The van der Waals surface area contributed by atoms with Crippen LogP contribution in [0, 0.1) is 0 Å². The van der Waals surface area contributed by atoms with Gasteiger partial charge in [0.15, 0.2) is 13.2 Å². The van der Waals surface area contributed by atoms with Gasteiger partial charge in [0.05, 0.1) is 17.9 Å². The van der Waals surface area contributed by atoms with Crippen molar-refractivity contribution in [2.24, 2.45) is 0 Å². The zero-order chi connectivity index (χ0) is 26.2. The van der Waals surface area contributed by atoms with E-state index in [0.29, 0.717) is 23.9 Å². The summed E-state index contributed by atoms with van der Waals surface area (Å²) in [4.78, 5) is 31.7. The number of piperidine rings is 1. The molecule has 1 unspecified atom stereocenters. The summed E-state index contributed by atoms with van der Waals surface area (Å²) < 4.78 is 11.2. The lowest BCUT2D eigenvalue weighted by atomic mass is 9.94. The Morgan fingerprint density at radius 2 is 1.66 bits per heavy atom. The van der Waals surface area contributed by atoms with Crippen LogP contribution in [0.25, 0.3) is 11.1 Å². The number of amides is 2. The molecule has 9 heteroatoms. The van der Waals surface area contributed by atoms with Gasteiger partial charge in [-0.1, -0.05) is 36.4 Å². The number of nitrogens with zero attached hydrogens (tertiary/aromatic N) is 3. The molecule has 1 saturated heterocycles. The Kier molecular flexibility index (Phi) is 7.93. The highest BCUT2D eigenvalue weighted by atomic mass is 16.5. The first-order valence-electron chi connectivity index (χ1n) is 12.6. The maximum absolute atomic E-state index is 13.2. The Bertz CT molecular complexity index is 1360. The number of rotatable bonds is 9. The molecule has 4 aromatic rings. The number of carbonyl (C=O) groups is 2. The van der Waals surface area contributed by atoms with Gasteiger partial charge in [-0.25, -0.2) is 4.98 Å². The predicted octanol–water partition coefficient (Wildman–Crippen LogP) is 4.62. The highest BCUT2D eigenvalue weighted by molar-refractivity contribution is 5.91. The summed E-state index contributed by atoms with van der Waals surface area (Å²) >= 11 is 0. The maximum Gasteiger partial charge on any atom is 0.263 e. The second-order valence-electron chi connectivity index (χ2n) is 8.98. The van der Waals surface area contributed by atoms with E-state index in [2.05, 4.69) is 20.5 Å². The van der Waals surface area contributed by atoms with Gasteiger partial charge in [0.1, 0.15) is 17.3 Å². The Labute approximate surface area is 220 Å². The Balaban J connectivity index is 1.27. The number of hydrogen-bond donors (Lipinski definition) is 2. The number of hydrogen-bond acceptors (Lipinski definition) is 6. The molecule has 2 aromatic heterocycles. The number of benzene rings is 2. The van der Waals surface area contributed by atoms with Crippen molar-refractivity contribution in [1.82, 2.24) is 20.1 Å². The van der Waals surface area contributed by atoms with Gasteiger partial charge >= 0.3 is 0 Å². The van der Waals surface area contributed by atoms with Crippen molar-refractivity contribution in [3.8, 4) is 22.6 Å². The molecule has 5 rings (SSSR count). The maximum atomic E-state index is 13.2. The van der Waals surface area contributed by atoms with Crippen LogP contribution >= 0.6 is 0 Å². The minimum Gasteiger partial charge on any atom is -0.484 e. The average Bonchev–Trinajstić information content (AvgIpc) is 3.46. The molecule has 1 aliphatic heterocycles. The van der Waals surface area contributed by atoms with Crippen molar-refractivity contribution >= 4 is 17.6 Å². The standard InChI is InChI=1S/C29H29N5O4/c35-27(19-37-22-9-3-1-4-10-22)32-26-17-21(14-15-30-26)24-18-31-33-29(24)25-13-7-8-16-34(25)28(36)20-38-23-11-5-2-6-12-23/h1-6,9-12,14-15,17-18,25H,7-8,13,16,19-20H2,(H,31,33)(H,30,32,35). The number of pyridine rings is 1. The van der Waals surface area contributed by atoms with Gasteiger partial charge in [-0.3, -0.25) is 14.7 Å². The second-order valence-corrected chi connectivity index (χ2v) is 8.98. The Morgan fingerprint density at radius 1 is 0.947 bits per heavy atom. The number of para-hydroxylation sites is 2. The van der Waals surface area contributed by atoms with E-state index in [0.717, 1.165) is 36.1 Å². The fourth-order valence-corrected chi connectivity index (χ4v) is 4.57. The number of nitrogens with one attached hydrogen (secondary N) is 2. The van der Waals surface area contributed by atoms with E-state index in [9.17, 15) is 9.59 Å². The summed E-state index contributed by atoms with van der Waals surface area (Å²) in [6.45, 7) is 0.497. The number of ether oxygens (including phenoxy) is 2. The van der Waals surface area contributed by atoms with Crippen LogP contribution in [0.15, 0.2) is 85.2 Å². The third kappa shape index (κ3) is 6.18. The van der Waals surface area contributed by atoms with E-state index in [1.54, 1.807) is 30.6 Å². The number of carbonyl (C=O) groups excluding carboxylic acids is 2. The van der Waals surface area contributed by atoms with Crippen molar-refractivity contribution in [3.63, 3.8) is 0 Å². The van der Waals surface area contributed by atoms with E-state index in [1.165, 1.54) is 0 Å². The van der Waals surface area contributed by atoms with Gasteiger partial charge < -0.3 is 19.7 Å². The van der Waals surface area contributed by atoms with Crippen LogP contribution in [0.2, 0.25) is 0 Å². The molecule has 0 saturated carbocycles. The molecule has 9 nitrogen and oxygen atoms in total. The molecule has 0 radical (unpaired) electrons. The molecule has 3 heterocycles. The molecular weight excluding hydrogens is 482 g/mol. The van der Waals surface area contributed by atoms with Crippen molar-refractivity contribution in [3.05, 3.63) is 90.9 Å². The quantitative estimate of drug-likeness (QED) is 0.339. The fraction of sp³-hybridized carbons (Fsp3) is 0.241. The Morgan fingerprint density at radius 3 is 2.39 bits per heavy atom. The van der Waals surface area contributed by atoms with Gasteiger partial charge in [-0.15, -0.1) is 0 Å². The zero-order valence-corrected chi connectivity index (χ0v) is 20.9. The van der Waals surface area contributed by atoms with Crippen LogP contribution in [-0.2, 0) is 9.59 Å². The molecule has 0 spiro atoms. The average molecular weight is 512 g/mol. The van der Waals surface area contributed by atoms with Gasteiger partial charge in [0, 0.05) is 18.3 Å². The minimum atomic E-state index is -0.312. The molecule has 2 N–H and O–H groups in total. The minimum absolute atomic E-state index is 0.0273. The highest BCUT2D eigenvalue weighted by Crippen LogP contribution is 2.36. The first-order chi connectivity index (χ1) is 18.7. The van der Waals surface area contributed by atoms with E-state index in [1.807, 2.05) is 59.5 Å². The van der Waals surface area contributed by atoms with E-state index in [4.69, 9.17) is 9.47 Å². The van der Waals surface area contributed by atoms with Crippen LogP contribution in [0.1, 0.15) is 31.0 Å². The molecule has 2 aromatic carbocycles. The van der Waals surface area contributed by atoms with Crippen LogP contribution < -0.4 is 14.8 Å². The molecule has 2 amide bonds. The van der Waals surface area contributed by atoms with Crippen molar-refractivity contribution < 1.29 is 19.1 Å². The molecule has 0 aliphatic carbocycles. The zero-order valence-electron chi connectivity index (χ0n) is 20.9. The molecule has 194 valence electrons. The van der Waals surface area contributed by atoms with Gasteiger partial charge in [-0.2, -0.15) is 5.10 Å². The summed E-state index contributed by atoms with van der Waals surface area (Å²) in [5.41, 5.74) is 2.55. The Hall–Kier alpha value is -4.66. The lowest BCUT2D eigenvalue weighted by Gasteiger charge is -2.35. The molecule has 1 aliphatic rings. The van der Waals surface area contributed by atoms with E-state index in [-0.39, 0.29) is 31.1 Å². The van der Waals surface area contributed by atoms with Crippen molar-refractivity contribution in [2.75, 3.05) is 25.1 Å². The highest BCUT2D eigenvalue weighted by Gasteiger charge is 2.31. The van der Waals surface area contributed by atoms with E-state index < -0.39 is 0 Å². The molecule has 38 heavy (non-hydrogen) atoms. The summed E-state index contributed by atoms with van der Waals surface area (Å²) in [6.07, 6.45) is 6.14. The third-order valence-corrected chi connectivity index (χ3v) is 6.38. The number of H-pyrrole nitrogens is 1. The van der Waals surface area contributed by atoms with Crippen molar-refractivity contribution in [2.45, 2.75) is 25.3 Å². The largest absolute Gasteiger partial charge is 0.484 e. The number of likely N-dealkylation sites (tertiary alicyclic amines) is 1. The molecule has 0 bridgehead atoms. The summed E-state index contributed by atoms with van der Waals surface area (Å²) in [7, 11) is 0. The van der Waals surface area contributed by atoms with E-state index >= 15 is 0 Å². The number of anilines is 1. The van der Waals surface area contributed by atoms with Crippen LogP contribution in [-0.4, -0.2) is 51.7 Å². The third-order valence-electron chi connectivity index (χ3n) is 6.38. The summed E-state index contributed by atoms with van der Waals surface area (Å²) in [6, 6.07) is 22.0. The molecular formula is C29H29N5O4. The molecule has 1 fully saturated rings. The normalized spacial score (nSPS) is 15.1. The number of aromatic nitrogens is 3. The first-order valence-corrected chi connectivity index (χ1v) is 12.6. The lowest BCUT2D eigenvalue weighted by molar-refractivity contribution is -0.137. The topological polar surface area (TPSA) is 109 Å². The lowest BCUT2D eigenvalue weighted by Crippen LogP contribution is -2.41.